The van der Waals surface area contributed by atoms with E-state index in [2.05, 4.69) is 10.1 Å². The molecule has 5 nitrogen and oxygen atoms in total. The van der Waals surface area contributed by atoms with Crippen LogP contribution in [0, 0.1) is 11.3 Å². The molecule has 1 amide bonds. The Labute approximate surface area is 153 Å². The smallest absolute Gasteiger partial charge is 0.387 e. The molecule has 0 radical (unpaired) electrons. The number of rotatable bonds is 6. The zero-order valence-corrected chi connectivity index (χ0v) is 14.3. The average molecular weight is 379 g/mol. The molecule has 0 spiro atoms. The standard InChI is InChI=1S/C18H13ClF2N2O3/c1-25-16-7-4-13(9-15(16)19)23-17(24)12(10-22)8-11-2-5-14(6-3-11)26-18(20)21/h2-9,18H,1H3,(H,23,24)/b12-8-. The van der Waals surface area contributed by atoms with Gasteiger partial charge in [-0.15, -0.1) is 0 Å². The predicted octanol–water partition coefficient (Wildman–Crippen LogP) is 4.50. The summed E-state index contributed by atoms with van der Waals surface area (Å²) in [6.07, 6.45) is 1.33. The maximum Gasteiger partial charge on any atom is 0.387 e. The molecular weight excluding hydrogens is 366 g/mol. The summed E-state index contributed by atoms with van der Waals surface area (Å²) >= 11 is 5.99. The number of carbonyl (C=O) groups excluding carboxylic acids is 1. The van der Waals surface area contributed by atoms with Crippen LogP contribution in [0.5, 0.6) is 11.5 Å². The Morgan fingerprint density at radius 3 is 2.50 bits per heavy atom. The third-order valence-electron chi connectivity index (χ3n) is 3.19. The third-order valence-corrected chi connectivity index (χ3v) is 3.49. The molecule has 0 aliphatic carbocycles. The molecule has 0 unspecified atom stereocenters. The summed E-state index contributed by atoms with van der Waals surface area (Å²) in [7, 11) is 1.47. The highest BCUT2D eigenvalue weighted by Gasteiger charge is 2.11. The molecule has 0 fully saturated rings. The van der Waals surface area contributed by atoms with Gasteiger partial charge in [0.2, 0.25) is 0 Å². The molecule has 1 N–H and O–H groups in total. The average Bonchev–Trinajstić information content (AvgIpc) is 2.60. The van der Waals surface area contributed by atoms with Crippen LogP contribution in [0.1, 0.15) is 5.56 Å². The second kappa shape index (κ2) is 8.83. The number of anilines is 1. The van der Waals surface area contributed by atoms with Crippen LogP contribution in [0.25, 0.3) is 6.08 Å². The predicted molar refractivity (Wildman–Crippen MR) is 93.3 cm³/mol. The van der Waals surface area contributed by atoms with Crippen molar-refractivity contribution in [1.82, 2.24) is 0 Å². The minimum Gasteiger partial charge on any atom is -0.495 e. The molecule has 0 saturated carbocycles. The van der Waals surface area contributed by atoms with Gasteiger partial charge in [-0.2, -0.15) is 14.0 Å². The fourth-order valence-corrected chi connectivity index (χ4v) is 2.26. The number of nitrogens with one attached hydrogen (secondary N) is 1. The fourth-order valence-electron chi connectivity index (χ4n) is 2.00. The molecule has 0 aromatic heterocycles. The molecule has 0 aliphatic rings. The van der Waals surface area contributed by atoms with Crippen LogP contribution >= 0.6 is 11.6 Å². The summed E-state index contributed by atoms with van der Waals surface area (Å²) in [4.78, 5) is 12.2. The number of nitrogens with zero attached hydrogens (tertiary/aromatic N) is 1. The van der Waals surface area contributed by atoms with Gasteiger partial charge in [0.25, 0.3) is 5.91 Å². The van der Waals surface area contributed by atoms with E-state index in [0.717, 1.165) is 0 Å². The van der Waals surface area contributed by atoms with Gasteiger partial charge in [-0.1, -0.05) is 23.7 Å². The zero-order valence-electron chi connectivity index (χ0n) is 13.5. The maximum atomic E-state index is 12.2. The van der Waals surface area contributed by atoms with Crippen LogP contribution in [0.2, 0.25) is 5.02 Å². The lowest BCUT2D eigenvalue weighted by Crippen LogP contribution is -2.13. The van der Waals surface area contributed by atoms with E-state index >= 15 is 0 Å². The second-order valence-electron chi connectivity index (χ2n) is 4.92. The highest BCUT2D eigenvalue weighted by atomic mass is 35.5. The molecule has 2 aromatic rings. The van der Waals surface area contributed by atoms with E-state index in [1.807, 2.05) is 0 Å². The first-order chi connectivity index (χ1) is 12.4. The first-order valence-electron chi connectivity index (χ1n) is 7.24. The number of nitriles is 1. The summed E-state index contributed by atoms with van der Waals surface area (Å²) < 4.78 is 33.5. The van der Waals surface area contributed by atoms with Crippen LogP contribution in [-0.4, -0.2) is 19.6 Å². The van der Waals surface area contributed by atoms with E-state index in [-0.39, 0.29) is 11.3 Å². The number of ether oxygens (including phenoxy) is 2. The Kier molecular flexibility index (Phi) is 6.53. The number of methoxy groups -OCH3 is 1. The van der Waals surface area contributed by atoms with Gasteiger partial charge in [-0.05, 0) is 42.0 Å². The Bertz CT molecular complexity index is 862. The number of carbonyl (C=O) groups is 1. The van der Waals surface area contributed by atoms with Gasteiger partial charge in [-0.3, -0.25) is 4.79 Å². The molecule has 134 valence electrons. The van der Waals surface area contributed by atoms with Crippen LogP contribution in [-0.2, 0) is 4.79 Å². The third kappa shape index (κ3) is 5.19. The minimum atomic E-state index is -2.92. The van der Waals surface area contributed by atoms with E-state index < -0.39 is 12.5 Å². The molecule has 2 aromatic carbocycles. The fraction of sp³-hybridized carbons (Fsp3) is 0.111. The van der Waals surface area contributed by atoms with Gasteiger partial charge in [0, 0.05) is 5.69 Å². The first kappa shape index (κ1) is 19.2. The largest absolute Gasteiger partial charge is 0.495 e. The van der Waals surface area contributed by atoms with Gasteiger partial charge in [0.15, 0.2) is 0 Å². The van der Waals surface area contributed by atoms with Crippen LogP contribution in [0.4, 0.5) is 14.5 Å². The van der Waals surface area contributed by atoms with Gasteiger partial charge in [-0.25, -0.2) is 0 Å². The summed E-state index contributed by atoms with van der Waals surface area (Å²) in [5, 5.41) is 12.1. The molecule has 0 atom stereocenters. The van der Waals surface area contributed by atoms with Crippen molar-refractivity contribution in [3.63, 3.8) is 0 Å². The maximum absolute atomic E-state index is 12.2. The summed E-state index contributed by atoms with van der Waals surface area (Å²) in [6, 6.07) is 12.0. The molecule has 0 saturated heterocycles. The van der Waals surface area contributed by atoms with Gasteiger partial charge in [0.1, 0.15) is 23.1 Å². The van der Waals surface area contributed by atoms with Crippen molar-refractivity contribution in [2.24, 2.45) is 0 Å². The molecule has 0 aliphatic heterocycles. The lowest BCUT2D eigenvalue weighted by atomic mass is 10.1. The molecule has 2 rings (SSSR count). The van der Waals surface area contributed by atoms with Gasteiger partial charge >= 0.3 is 6.61 Å². The highest BCUT2D eigenvalue weighted by molar-refractivity contribution is 6.32. The summed E-state index contributed by atoms with van der Waals surface area (Å²) in [5.41, 5.74) is 0.702. The number of amides is 1. The Hall–Kier alpha value is -3.11. The van der Waals surface area contributed by atoms with Crippen molar-refractivity contribution >= 4 is 29.3 Å². The van der Waals surface area contributed by atoms with Crippen molar-refractivity contribution in [2.45, 2.75) is 6.61 Å². The molecule has 26 heavy (non-hydrogen) atoms. The summed E-state index contributed by atoms with van der Waals surface area (Å²) in [6.45, 7) is -2.92. The minimum absolute atomic E-state index is 0.0204. The number of halogens is 3. The number of hydrogen-bond donors (Lipinski definition) is 1. The van der Waals surface area contributed by atoms with Gasteiger partial charge in [0.05, 0.1) is 12.1 Å². The normalized spacial score (nSPS) is 11.0. The quantitative estimate of drug-likeness (QED) is 0.593. The van der Waals surface area contributed by atoms with Crippen molar-refractivity contribution in [2.75, 3.05) is 12.4 Å². The van der Waals surface area contributed by atoms with Crippen molar-refractivity contribution in [3.05, 3.63) is 58.6 Å². The van der Waals surface area contributed by atoms with Gasteiger partial charge < -0.3 is 14.8 Å². The SMILES string of the molecule is COc1ccc(NC(=O)/C(C#N)=C\c2ccc(OC(F)F)cc2)cc1Cl. The van der Waals surface area contributed by atoms with Crippen molar-refractivity contribution in [3.8, 4) is 17.6 Å². The summed E-state index contributed by atoms with van der Waals surface area (Å²) in [5.74, 6) is -0.207. The Balaban J connectivity index is 2.14. The van der Waals surface area contributed by atoms with Crippen LogP contribution in [0.15, 0.2) is 48.0 Å². The van der Waals surface area contributed by atoms with E-state index in [1.54, 1.807) is 18.2 Å². The highest BCUT2D eigenvalue weighted by Crippen LogP contribution is 2.27. The topological polar surface area (TPSA) is 71.3 Å². The van der Waals surface area contributed by atoms with E-state index in [0.29, 0.717) is 22.0 Å². The Morgan fingerprint density at radius 2 is 1.96 bits per heavy atom. The second-order valence-corrected chi connectivity index (χ2v) is 5.33. The molecule has 0 heterocycles. The molecule has 8 heteroatoms. The monoisotopic (exact) mass is 378 g/mol. The molecular formula is C18H13ClF2N2O3. The Morgan fingerprint density at radius 1 is 1.27 bits per heavy atom. The molecule has 0 bridgehead atoms. The lowest BCUT2D eigenvalue weighted by Gasteiger charge is -2.08. The van der Waals surface area contributed by atoms with Crippen molar-refractivity contribution < 1.29 is 23.0 Å². The van der Waals surface area contributed by atoms with E-state index in [4.69, 9.17) is 16.3 Å². The number of benzene rings is 2. The van der Waals surface area contributed by atoms with Crippen LogP contribution in [0.3, 0.4) is 0 Å². The first-order valence-corrected chi connectivity index (χ1v) is 7.62. The number of hydrogen-bond acceptors (Lipinski definition) is 4. The van der Waals surface area contributed by atoms with Crippen molar-refractivity contribution in [1.29, 1.82) is 5.26 Å². The lowest BCUT2D eigenvalue weighted by molar-refractivity contribution is -0.112. The van der Waals surface area contributed by atoms with Crippen LogP contribution < -0.4 is 14.8 Å². The van der Waals surface area contributed by atoms with E-state index in [9.17, 15) is 18.8 Å². The number of alkyl halides is 2. The zero-order chi connectivity index (χ0) is 19.1. The van der Waals surface area contributed by atoms with E-state index in [1.165, 1.54) is 43.5 Å².